The minimum atomic E-state index is -0.334. The van der Waals surface area contributed by atoms with Crippen LogP contribution in [0, 0.1) is 12.3 Å². The van der Waals surface area contributed by atoms with Crippen LogP contribution < -0.4 is 0 Å². The average Bonchev–Trinajstić information content (AvgIpc) is 2.08. The van der Waals surface area contributed by atoms with Gasteiger partial charge in [-0.1, -0.05) is 5.92 Å². The molecular weight excluding hydrogens is 136 g/mol. The van der Waals surface area contributed by atoms with Gasteiger partial charge in [0.25, 0.3) is 0 Å². The van der Waals surface area contributed by atoms with Gasteiger partial charge in [-0.3, -0.25) is 8.37 Å². The molecule has 0 radical (unpaired) electrons. The van der Waals surface area contributed by atoms with Crippen molar-refractivity contribution >= 4 is 12.3 Å². The molecule has 1 saturated heterocycles. The van der Waals surface area contributed by atoms with Gasteiger partial charge in [-0.15, -0.1) is 6.42 Å². The highest BCUT2D eigenvalue weighted by atomic mass is 32.2. The molecule has 1 heterocycles. The van der Waals surface area contributed by atoms with Crippen molar-refractivity contribution < 1.29 is 8.37 Å². The van der Waals surface area contributed by atoms with E-state index in [2.05, 4.69) is 5.92 Å². The summed E-state index contributed by atoms with van der Waals surface area (Å²) in [5.74, 6) is 2.49. The SMILES string of the molecule is C#CC1OSOC1(C)C. The lowest BCUT2D eigenvalue weighted by molar-refractivity contribution is 0.108. The molecule has 50 valence electrons. The highest BCUT2D eigenvalue weighted by molar-refractivity contribution is 7.90. The first-order valence-corrected chi connectivity index (χ1v) is 3.31. The molecule has 0 amide bonds. The third-order valence-electron chi connectivity index (χ3n) is 1.17. The van der Waals surface area contributed by atoms with Gasteiger partial charge in [0.2, 0.25) is 0 Å². The fourth-order valence-electron chi connectivity index (χ4n) is 0.535. The molecule has 1 aliphatic heterocycles. The maximum atomic E-state index is 5.14. The van der Waals surface area contributed by atoms with Crippen molar-refractivity contribution in [2.45, 2.75) is 25.6 Å². The number of terminal acetylenes is 1. The molecule has 3 heteroatoms. The van der Waals surface area contributed by atoms with E-state index in [0.29, 0.717) is 0 Å². The van der Waals surface area contributed by atoms with Crippen LogP contribution in [0.3, 0.4) is 0 Å². The first-order valence-electron chi connectivity index (χ1n) is 2.64. The zero-order chi connectivity index (χ0) is 6.91. The van der Waals surface area contributed by atoms with Crippen molar-refractivity contribution in [2.75, 3.05) is 0 Å². The Morgan fingerprint density at radius 2 is 2.33 bits per heavy atom. The van der Waals surface area contributed by atoms with E-state index in [-0.39, 0.29) is 11.7 Å². The van der Waals surface area contributed by atoms with Crippen molar-refractivity contribution in [1.82, 2.24) is 0 Å². The Morgan fingerprint density at radius 3 is 2.56 bits per heavy atom. The summed E-state index contributed by atoms with van der Waals surface area (Å²) in [5.41, 5.74) is -0.334. The number of hydrogen-bond donors (Lipinski definition) is 0. The lowest BCUT2D eigenvalue weighted by Gasteiger charge is -2.16. The second-order valence-corrected chi connectivity index (χ2v) is 2.89. The third-order valence-corrected chi connectivity index (χ3v) is 1.94. The van der Waals surface area contributed by atoms with Gasteiger partial charge in [0.05, 0.1) is 0 Å². The normalized spacial score (nSPS) is 31.9. The lowest BCUT2D eigenvalue weighted by atomic mass is 10.0. The van der Waals surface area contributed by atoms with Crippen LogP contribution in [-0.4, -0.2) is 11.7 Å². The van der Waals surface area contributed by atoms with Crippen molar-refractivity contribution in [3.8, 4) is 12.3 Å². The van der Waals surface area contributed by atoms with Gasteiger partial charge in [-0.05, 0) is 13.8 Å². The predicted molar refractivity (Wildman–Crippen MR) is 36.5 cm³/mol. The van der Waals surface area contributed by atoms with Gasteiger partial charge >= 0.3 is 0 Å². The predicted octanol–water partition coefficient (Wildman–Crippen LogP) is 1.38. The molecule has 0 aromatic carbocycles. The molecule has 9 heavy (non-hydrogen) atoms. The van der Waals surface area contributed by atoms with Gasteiger partial charge < -0.3 is 0 Å². The first kappa shape index (κ1) is 6.94. The lowest BCUT2D eigenvalue weighted by Crippen LogP contribution is -2.31. The van der Waals surface area contributed by atoms with E-state index < -0.39 is 0 Å². The summed E-state index contributed by atoms with van der Waals surface area (Å²) in [6.07, 6.45) is 4.92. The van der Waals surface area contributed by atoms with E-state index in [1.54, 1.807) is 0 Å². The molecular formula is C6H8O2S. The van der Waals surface area contributed by atoms with Gasteiger partial charge in [-0.2, -0.15) is 0 Å². The Balaban J connectivity index is 2.65. The second kappa shape index (κ2) is 2.22. The summed E-state index contributed by atoms with van der Waals surface area (Å²) in [4.78, 5) is 0. The van der Waals surface area contributed by atoms with Crippen molar-refractivity contribution in [1.29, 1.82) is 0 Å². The van der Waals surface area contributed by atoms with Crippen LogP contribution in [0.15, 0.2) is 0 Å². The average molecular weight is 144 g/mol. The smallest absolute Gasteiger partial charge is 0.164 e. The molecule has 0 aliphatic carbocycles. The first-order chi connectivity index (χ1) is 4.17. The number of hydrogen-bond acceptors (Lipinski definition) is 3. The summed E-state index contributed by atoms with van der Waals surface area (Å²) in [6.45, 7) is 3.80. The molecule has 1 atom stereocenters. The van der Waals surface area contributed by atoms with Crippen LogP contribution in [0.1, 0.15) is 13.8 Å². The molecule has 1 unspecified atom stereocenters. The van der Waals surface area contributed by atoms with E-state index in [1.807, 2.05) is 13.8 Å². The van der Waals surface area contributed by atoms with Gasteiger partial charge in [0, 0.05) is 0 Å². The fraction of sp³-hybridized carbons (Fsp3) is 0.667. The van der Waals surface area contributed by atoms with Gasteiger partial charge in [0.15, 0.2) is 18.4 Å². The summed E-state index contributed by atoms with van der Waals surface area (Å²) < 4.78 is 10.1. The largest absolute Gasteiger partial charge is 0.281 e. The Kier molecular flexibility index (Phi) is 1.71. The van der Waals surface area contributed by atoms with Gasteiger partial charge in [0.1, 0.15) is 5.60 Å². The highest BCUT2D eigenvalue weighted by Crippen LogP contribution is 2.33. The minimum absolute atomic E-state index is 0.220. The fourth-order valence-corrected chi connectivity index (χ4v) is 1.20. The molecule has 0 bridgehead atoms. The van der Waals surface area contributed by atoms with Crippen LogP contribution in [-0.2, 0) is 8.37 Å². The molecule has 1 rings (SSSR count). The summed E-state index contributed by atoms with van der Waals surface area (Å²) in [5, 5.41) is 0. The maximum Gasteiger partial charge on any atom is 0.164 e. The molecule has 0 saturated carbocycles. The number of rotatable bonds is 0. The zero-order valence-electron chi connectivity index (χ0n) is 5.38. The van der Waals surface area contributed by atoms with E-state index in [1.165, 1.54) is 0 Å². The summed E-state index contributed by atoms with van der Waals surface area (Å²) in [7, 11) is 0. The molecule has 0 N–H and O–H groups in total. The van der Waals surface area contributed by atoms with E-state index in [4.69, 9.17) is 14.8 Å². The Hall–Kier alpha value is -0.170. The van der Waals surface area contributed by atoms with Crippen LogP contribution in [0.25, 0.3) is 0 Å². The zero-order valence-corrected chi connectivity index (χ0v) is 6.20. The van der Waals surface area contributed by atoms with Crippen LogP contribution >= 0.6 is 12.3 Å². The topological polar surface area (TPSA) is 18.5 Å². The van der Waals surface area contributed by atoms with Crippen molar-refractivity contribution in [2.24, 2.45) is 0 Å². The molecule has 1 fully saturated rings. The molecule has 0 aromatic heterocycles. The van der Waals surface area contributed by atoms with E-state index in [0.717, 1.165) is 12.3 Å². The van der Waals surface area contributed by atoms with Gasteiger partial charge in [-0.25, -0.2) is 0 Å². The van der Waals surface area contributed by atoms with E-state index >= 15 is 0 Å². The minimum Gasteiger partial charge on any atom is -0.281 e. The quantitative estimate of drug-likeness (QED) is 0.378. The van der Waals surface area contributed by atoms with Crippen LogP contribution in [0.2, 0.25) is 0 Å². The standard InChI is InChI=1S/C6H8O2S/c1-4-5-6(2,3)8-9-7-5/h1,5H,2-3H3. The van der Waals surface area contributed by atoms with Crippen molar-refractivity contribution in [3.63, 3.8) is 0 Å². The van der Waals surface area contributed by atoms with Crippen LogP contribution in [0.4, 0.5) is 0 Å². The Labute approximate surface area is 59.3 Å². The summed E-state index contributed by atoms with van der Waals surface area (Å²) >= 11 is 0.971. The van der Waals surface area contributed by atoms with Crippen molar-refractivity contribution in [3.05, 3.63) is 0 Å². The molecule has 0 spiro atoms. The molecule has 1 aliphatic rings. The second-order valence-electron chi connectivity index (χ2n) is 2.40. The van der Waals surface area contributed by atoms with E-state index in [9.17, 15) is 0 Å². The third kappa shape index (κ3) is 1.21. The maximum absolute atomic E-state index is 5.14. The Morgan fingerprint density at radius 1 is 1.67 bits per heavy atom. The molecule has 2 nitrogen and oxygen atoms in total. The molecule has 0 aromatic rings. The highest BCUT2D eigenvalue weighted by Gasteiger charge is 2.37. The van der Waals surface area contributed by atoms with Crippen LogP contribution in [0.5, 0.6) is 0 Å². The Bertz CT molecular complexity index is 148. The summed E-state index contributed by atoms with van der Waals surface area (Å²) in [6, 6.07) is 0. The monoisotopic (exact) mass is 144 g/mol.